The van der Waals surface area contributed by atoms with Gasteiger partial charge < -0.3 is 10.2 Å². The lowest BCUT2D eigenvalue weighted by Gasteiger charge is -2.25. The van der Waals surface area contributed by atoms with Gasteiger partial charge in [-0.3, -0.25) is 9.59 Å². The number of rotatable bonds is 9. The predicted molar refractivity (Wildman–Crippen MR) is 135 cm³/mol. The standard InChI is InChI=1S/C26H35N3O4S/c1-18(2)15-28(16-19(3)4)34(32,33)23-12-10-22(11-13-23)27-26(31)21-14-25(30)29(17-21)24-9-7-6-8-20(24)5/h6-13,18-19,21H,14-17H2,1-5H3,(H,27,31). The van der Waals surface area contributed by atoms with Crippen LogP contribution in [0, 0.1) is 24.7 Å². The summed E-state index contributed by atoms with van der Waals surface area (Å²) in [5.74, 6) is -0.378. The second-order valence-electron chi connectivity index (χ2n) is 9.82. The molecule has 3 rings (SSSR count). The van der Waals surface area contributed by atoms with Gasteiger partial charge >= 0.3 is 0 Å². The largest absolute Gasteiger partial charge is 0.326 e. The van der Waals surface area contributed by atoms with Gasteiger partial charge in [-0.1, -0.05) is 45.9 Å². The highest BCUT2D eigenvalue weighted by Gasteiger charge is 2.35. The van der Waals surface area contributed by atoms with Crippen molar-refractivity contribution in [3.05, 3.63) is 54.1 Å². The highest BCUT2D eigenvalue weighted by Crippen LogP contribution is 2.29. The van der Waals surface area contributed by atoms with Gasteiger partial charge in [0.05, 0.1) is 10.8 Å². The molecule has 2 aromatic rings. The molecule has 1 atom stereocenters. The Morgan fingerprint density at radius 1 is 1.03 bits per heavy atom. The van der Waals surface area contributed by atoms with Crippen molar-refractivity contribution in [3.8, 4) is 0 Å². The average molecular weight is 486 g/mol. The number of carbonyl (C=O) groups is 2. The summed E-state index contributed by atoms with van der Waals surface area (Å²) in [6.07, 6.45) is 0.145. The lowest BCUT2D eigenvalue weighted by atomic mass is 10.1. The summed E-state index contributed by atoms with van der Waals surface area (Å²) in [6, 6.07) is 13.9. The fourth-order valence-electron chi connectivity index (χ4n) is 4.17. The quantitative estimate of drug-likeness (QED) is 0.574. The first-order valence-electron chi connectivity index (χ1n) is 11.8. The molecule has 184 valence electrons. The van der Waals surface area contributed by atoms with E-state index in [1.54, 1.807) is 17.0 Å². The molecular formula is C26H35N3O4S. The van der Waals surface area contributed by atoms with Crippen molar-refractivity contribution >= 4 is 33.2 Å². The van der Waals surface area contributed by atoms with E-state index in [0.717, 1.165) is 11.3 Å². The number of carbonyl (C=O) groups excluding carboxylic acids is 2. The van der Waals surface area contributed by atoms with E-state index in [-0.39, 0.29) is 35.0 Å². The molecule has 0 bridgehead atoms. The number of aryl methyl sites for hydroxylation is 1. The highest BCUT2D eigenvalue weighted by molar-refractivity contribution is 7.89. The van der Waals surface area contributed by atoms with Gasteiger partial charge in [-0.25, -0.2) is 8.42 Å². The topological polar surface area (TPSA) is 86.8 Å². The molecule has 0 saturated carbocycles. The summed E-state index contributed by atoms with van der Waals surface area (Å²) in [6.45, 7) is 11.1. The lowest BCUT2D eigenvalue weighted by Crippen LogP contribution is -2.37. The summed E-state index contributed by atoms with van der Waals surface area (Å²) in [7, 11) is -3.63. The van der Waals surface area contributed by atoms with Gasteiger partial charge in [0.2, 0.25) is 21.8 Å². The molecule has 1 heterocycles. The number of nitrogens with zero attached hydrogens (tertiary/aromatic N) is 2. The van der Waals surface area contributed by atoms with E-state index in [1.807, 2.05) is 58.9 Å². The van der Waals surface area contributed by atoms with Gasteiger partial charge in [0.1, 0.15) is 0 Å². The molecule has 0 radical (unpaired) electrons. The van der Waals surface area contributed by atoms with E-state index in [1.165, 1.54) is 16.4 Å². The minimum atomic E-state index is -3.63. The number of anilines is 2. The van der Waals surface area contributed by atoms with Crippen LogP contribution in [0.4, 0.5) is 11.4 Å². The number of para-hydroxylation sites is 1. The first-order valence-corrected chi connectivity index (χ1v) is 13.2. The van der Waals surface area contributed by atoms with E-state index >= 15 is 0 Å². The number of hydrogen-bond acceptors (Lipinski definition) is 4. The van der Waals surface area contributed by atoms with Gasteiger partial charge in [0.25, 0.3) is 0 Å². The highest BCUT2D eigenvalue weighted by atomic mass is 32.2. The third-order valence-electron chi connectivity index (χ3n) is 5.80. The van der Waals surface area contributed by atoms with Gasteiger partial charge in [-0.2, -0.15) is 4.31 Å². The smallest absolute Gasteiger partial charge is 0.243 e. The van der Waals surface area contributed by atoms with Crippen LogP contribution >= 0.6 is 0 Å². The van der Waals surface area contributed by atoms with Gasteiger partial charge in [0, 0.05) is 37.4 Å². The van der Waals surface area contributed by atoms with E-state index in [9.17, 15) is 18.0 Å². The van der Waals surface area contributed by atoms with Crippen LogP contribution in [0.3, 0.4) is 0 Å². The van der Waals surface area contributed by atoms with E-state index in [0.29, 0.717) is 25.3 Å². The van der Waals surface area contributed by atoms with Crippen LogP contribution in [0.1, 0.15) is 39.7 Å². The minimum Gasteiger partial charge on any atom is -0.326 e. The van der Waals surface area contributed by atoms with Crippen LogP contribution in [-0.2, 0) is 19.6 Å². The Morgan fingerprint density at radius 2 is 1.62 bits per heavy atom. The molecule has 2 amide bonds. The Labute approximate surface area is 203 Å². The van der Waals surface area contributed by atoms with E-state index in [2.05, 4.69) is 5.32 Å². The van der Waals surface area contributed by atoms with Crippen molar-refractivity contribution < 1.29 is 18.0 Å². The zero-order chi connectivity index (χ0) is 25.0. The second kappa shape index (κ2) is 10.7. The Hall–Kier alpha value is -2.71. The summed E-state index contributed by atoms with van der Waals surface area (Å²) < 4.78 is 27.9. The molecule has 0 aromatic heterocycles. The van der Waals surface area contributed by atoms with Crippen molar-refractivity contribution in [1.82, 2.24) is 4.31 Å². The fraction of sp³-hybridized carbons (Fsp3) is 0.462. The normalized spacial score (nSPS) is 16.6. The SMILES string of the molecule is Cc1ccccc1N1CC(C(=O)Nc2ccc(S(=O)(=O)N(CC(C)C)CC(C)C)cc2)CC1=O. The molecule has 1 aliphatic rings. The van der Waals surface area contributed by atoms with Gasteiger partial charge in [-0.05, 0) is 54.7 Å². The van der Waals surface area contributed by atoms with Crippen molar-refractivity contribution in [2.45, 2.75) is 45.9 Å². The molecule has 1 fully saturated rings. The molecule has 34 heavy (non-hydrogen) atoms. The van der Waals surface area contributed by atoms with Crippen LogP contribution in [0.2, 0.25) is 0 Å². The second-order valence-corrected chi connectivity index (χ2v) is 11.8. The lowest BCUT2D eigenvalue weighted by molar-refractivity contribution is -0.122. The third-order valence-corrected chi connectivity index (χ3v) is 7.65. The summed E-state index contributed by atoms with van der Waals surface area (Å²) in [5.41, 5.74) is 2.31. The maximum absolute atomic E-state index is 13.2. The van der Waals surface area contributed by atoms with Crippen molar-refractivity contribution in [3.63, 3.8) is 0 Å². The minimum absolute atomic E-state index is 0.0775. The fourth-order valence-corrected chi connectivity index (χ4v) is 5.94. The number of sulfonamides is 1. The Balaban J connectivity index is 1.69. The van der Waals surface area contributed by atoms with Crippen LogP contribution in [0.15, 0.2) is 53.4 Å². The molecule has 1 aliphatic heterocycles. The third kappa shape index (κ3) is 6.04. The van der Waals surface area contributed by atoms with Crippen LogP contribution in [0.5, 0.6) is 0 Å². The van der Waals surface area contributed by atoms with Gasteiger partial charge in [0.15, 0.2) is 0 Å². The maximum Gasteiger partial charge on any atom is 0.243 e. The maximum atomic E-state index is 13.2. The van der Waals surface area contributed by atoms with Crippen molar-refractivity contribution in [2.24, 2.45) is 17.8 Å². The van der Waals surface area contributed by atoms with Crippen LogP contribution in [-0.4, -0.2) is 44.2 Å². The zero-order valence-electron chi connectivity index (χ0n) is 20.6. The first kappa shape index (κ1) is 25.9. The van der Waals surface area contributed by atoms with Crippen molar-refractivity contribution in [2.75, 3.05) is 29.9 Å². The number of amides is 2. The Morgan fingerprint density at radius 3 is 2.18 bits per heavy atom. The van der Waals surface area contributed by atoms with Gasteiger partial charge in [-0.15, -0.1) is 0 Å². The molecule has 0 aliphatic carbocycles. The predicted octanol–water partition coefficient (Wildman–Crippen LogP) is 4.29. The molecule has 1 unspecified atom stereocenters. The first-order chi connectivity index (χ1) is 16.0. The summed E-state index contributed by atoms with van der Waals surface area (Å²) in [4.78, 5) is 27.2. The molecule has 1 saturated heterocycles. The summed E-state index contributed by atoms with van der Waals surface area (Å²) >= 11 is 0. The monoisotopic (exact) mass is 485 g/mol. The zero-order valence-corrected chi connectivity index (χ0v) is 21.4. The molecular weight excluding hydrogens is 450 g/mol. The Kier molecular flexibility index (Phi) is 8.15. The molecule has 0 spiro atoms. The van der Waals surface area contributed by atoms with E-state index in [4.69, 9.17) is 0 Å². The average Bonchev–Trinajstić information content (AvgIpc) is 3.15. The number of nitrogens with one attached hydrogen (secondary N) is 1. The molecule has 2 aromatic carbocycles. The molecule has 7 nitrogen and oxygen atoms in total. The molecule has 1 N–H and O–H groups in total. The number of hydrogen-bond donors (Lipinski definition) is 1. The van der Waals surface area contributed by atoms with Crippen LogP contribution < -0.4 is 10.2 Å². The molecule has 8 heteroatoms. The van der Waals surface area contributed by atoms with E-state index < -0.39 is 15.9 Å². The summed E-state index contributed by atoms with van der Waals surface area (Å²) in [5, 5.41) is 2.84. The Bertz CT molecular complexity index is 1120. The van der Waals surface area contributed by atoms with Crippen LogP contribution in [0.25, 0.3) is 0 Å². The van der Waals surface area contributed by atoms with Crippen molar-refractivity contribution in [1.29, 1.82) is 0 Å². The number of benzene rings is 2.